The molecule has 0 unspecified atom stereocenters. The van der Waals surface area contributed by atoms with E-state index in [4.69, 9.17) is 0 Å². The summed E-state index contributed by atoms with van der Waals surface area (Å²) in [7, 11) is 0. The summed E-state index contributed by atoms with van der Waals surface area (Å²) in [6.07, 6.45) is 8.96. The highest BCUT2D eigenvalue weighted by molar-refractivity contribution is 7.10. The SMILES string of the molecule is O=C(CN1CCc2sccc2C1)N1CCC[C@@H](n2ccnc2)C1. The van der Waals surface area contributed by atoms with Gasteiger partial charge in [0.05, 0.1) is 18.9 Å². The number of amides is 1. The summed E-state index contributed by atoms with van der Waals surface area (Å²) in [5.74, 6) is 0.272. The van der Waals surface area contributed by atoms with Crippen molar-refractivity contribution >= 4 is 17.2 Å². The first-order valence-corrected chi connectivity index (χ1v) is 9.20. The zero-order valence-electron chi connectivity index (χ0n) is 13.2. The van der Waals surface area contributed by atoms with Crippen LogP contribution >= 0.6 is 11.3 Å². The van der Waals surface area contributed by atoms with E-state index in [1.807, 2.05) is 35.0 Å². The van der Waals surface area contributed by atoms with E-state index < -0.39 is 0 Å². The third kappa shape index (κ3) is 3.19. The Bertz CT molecular complexity index is 666. The third-order valence-corrected chi connectivity index (χ3v) is 5.96. The van der Waals surface area contributed by atoms with Crippen LogP contribution in [0.3, 0.4) is 0 Å². The molecule has 4 rings (SSSR count). The van der Waals surface area contributed by atoms with Gasteiger partial charge in [-0.05, 0) is 36.3 Å². The highest BCUT2D eigenvalue weighted by Crippen LogP contribution is 2.25. The summed E-state index contributed by atoms with van der Waals surface area (Å²) in [5, 5.41) is 2.16. The van der Waals surface area contributed by atoms with E-state index in [9.17, 15) is 4.79 Å². The fraction of sp³-hybridized carbons (Fsp3) is 0.529. The second-order valence-electron chi connectivity index (χ2n) is 6.48. The van der Waals surface area contributed by atoms with Crippen molar-refractivity contribution in [3.8, 4) is 0 Å². The molecule has 1 atom stereocenters. The van der Waals surface area contributed by atoms with E-state index in [1.54, 1.807) is 0 Å². The molecule has 0 aromatic carbocycles. The molecule has 1 fully saturated rings. The lowest BCUT2D eigenvalue weighted by Crippen LogP contribution is -2.46. The van der Waals surface area contributed by atoms with Gasteiger partial charge in [0.2, 0.25) is 5.91 Å². The fourth-order valence-electron chi connectivity index (χ4n) is 3.64. The number of fused-ring (bicyclic) bond motifs is 1. The van der Waals surface area contributed by atoms with E-state index in [0.717, 1.165) is 45.4 Å². The molecule has 2 aromatic rings. The smallest absolute Gasteiger partial charge is 0.236 e. The Morgan fingerprint density at radius 1 is 1.39 bits per heavy atom. The Morgan fingerprint density at radius 3 is 3.22 bits per heavy atom. The van der Waals surface area contributed by atoms with Gasteiger partial charge in [-0.1, -0.05) is 0 Å². The molecule has 0 N–H and O–H groups in total. The molecule has 1 amide bonds. The second kappa shape index (κ2) is 6.45. The van der Waals surface area contributed by atoms with Crippen LogP contribution in [0, 0.1) is 0 Å². The molecule has 6 heteroatoms. The maximum Gasteiger partial charge on any atom is 0.236 e. The second-order valence-corrected chi connectivity index (χ2v) is 7.48. The largest absolute Gasteiger partial charge is 0.340 e. The number of imidazole rings is 1. The molecule has 0 radical (unpaired) electrons. The Morgan fingerprint density at radius 2 is 2.35 bits per heavy atom. The number of carbonyl (C=O) groups is 1. The van der Waals surface area contributed by atoms with Crippen LogP contribution < -0.4 is 0 Å². The van der Waals surface area contributed by atoms with Gasteiger partial charge in [0, 0.05) is 43.4 Å². The highest BCUT2D eigenvalue weighted by Gasteiger charge is 2.26. The lowest BCUT2D eigenvalue weighted by molar-refractivity contribution is -0.134. The van der Waals surface area contributed by atoms with Crippen LogP contribution in [0.1, 0.15) is 29.3 Å². The number of rotatable bonds is 3. The first-order chi connectivity index (χ1) is 11.3. The zero-order valence-corrected chi connectivity index (χ0v) is 14.0. The molecule has 2 aliphatic heterocycles. The van der Waals surface area contributed by atoms with Crippen molar-refractivity contribution in [3.05, 3.63) is 40.6 Å². The van der Waals surface area contributed by atoms with Crippen LogP contribution in [0.2, 0.25) is 0 Å². The Hall–Kier alpha value is -1.66. The predicted molar refractivity (Wildman–Crippen MR) is 90.4 cm³/mol. The van der Waals surface area contributed by atoms with Crippen molar-refractivity contribution in [1.82, 2.24) is 19.4 Å². The molecule has 1 saturated heterocycles. The van der Waals surface area contributed by atoms with Crippen molar-refractivity contribution < 1.29 is 4.79 Å². The van der Waals surface area contributed by atoms with Gasteiger partial charge in [-0.3, -0.25) is 9.69 Å². The standard InChI is InChI=1S/C17H22N4OS/c22-17(12-19-7-3-16-14(10-19)4-9-23-16)20-6-1-2-15(11-20)21-8-5-18-13-21/h4-5,8-9,13,15H,1-3,6-7,10-12H2/t15-/m1/s1. The summed E-state index contributed by atoms with van der Waals surface area (Å²) < 4.78 is 2.14. The molecular formula is C17H22N4OS. The number of likely N-dealkylation sites (tertiary alicyclic amines) is 1. The minimum absolute atomic E-state index is 0.272. The summed E-state index contributed by atoms with van der Waals surface area (Å²) in [6, 6.07) is 2.58. The van der Waals surface area contributed by atoms with Gasteiger partial charge in [0.1, 0.15) is 0 Å². The normalized spacial score (nSPS) is 22.1. The summed E-state index contributed by atoms with van der Waals surface area (Å²) >= 11 is 1.84. The van der Waals surface area contributed by atoms with Gasteiger partial charge in [-0.15, -0.1) is 11.3 Å². The van der Waals surface area contributed by atoms with Crippen molar-refractivity contribution in [1.29, 1.82) is 0 Å². The molecule has 0 spiro atoms. The minimum Gasteiger partial charge on any atom is -0.340 e. The maximum atomic E-state index is 12.7. The Balaban J connectivity index is 1.36. The minimum atomic E-state index is 0.272. The fourth-order valence-corrected chi connectivity index (χ4v) is 4.53. The predicted octanol–water partition coefficient (Wildman–Crippen LogP) is 2.17. The van der Waals surface area contributed by atoms with Crippen molar-refractivity contribution in [2.75, 3.05) is 26.2 Å². The topological polar surface area (TPSA) is 41.4 Å². The van der Waals surface area contributed by atoms with Gasteiger partial charge in [0.15, 0.2) is 0 Å². The molecule has 23 heavy (non-hydrogen) atoms. The van der Waals surface area contributed by atoms with E-state index in [1.165, 1.54) is 10.4 Å². The lowest BCUT2D eigenvalue weighted by Gasteiger charge is -2.35. The number of carbonyl (C=O) groups excluding carboxylic acids is 1. The van der Waals surface area contributed by atoms with Gasteiger partial charge in [-0.25, -0.2) is 4.98 Å². The van der Waals surface area contributed by atoms with Crippen molar-refractivity contribution in [2.45, 2.75) is 31.8 Å². The number of nitrogens with zero attached hydrogens (tertiary/aromatic N) is 4. The van der Waals surface area contributed by atoms with Gasteiger partial charge in [-0.2, -0.15) is 0 Å². The van der Waals surface area contributed by atoms with Crippen LogP contribution in [-0.2, 0) is 17.8 Å². The molecule has 4 heterocycles. The maximum absolute atomic E-state index is 12.7. The summed E-state index contributed by atoms with van der Waals surface area (Å²) in [5.41, 5.74) is 1.41. The first kappa shape index (κ1) is 14.9. The van der Waals surface area contributed by atoms with Crippen molar-refractivity contribution in [2.24, 2.45) is 0 Å². The van der Waals surface area contributed by atoms with E-state index in [-0.39, 0.29) is 5.91 Å². The van der Waals surface area contributed by atoms with Gasteiger partial charge in [0.25, 0.3) is 0 Å². The van der Waals surface area contributed by atoms with Crippen LogP contribution in [0.5, 0.6) is 0 Å². The molecule has 0 bridgehead atoms. The first-order valence-electron chi connectivity index (χ1n) is 8.32. The average molecular weight is 330 g/mol. The van der Waals surface area contributed by atoms with Crippen LogP contribution in [0.4, 0.5) is 0 Å². The zero-order chi connectivity index (χ0) is 15.6. The van der Waals surface area contributed by atoms with Gasteiger partial charge >= 0.3 is 0 Å². The van der Waals surface area contributed by atoms with Gasteiger partial charge < -0.3 is 9.47 Å². The number of piperidine rings is 1. The molecule has 0 saturated carbocycles. The number of thiophene rings is 1. The van der Waals surface area contributed by atoms with Crippen LogP contribution in [-0.4, -0.2) is 51.4 Å². The molecule has 0 aliphatic carbocycles. The Labute approximate surface area is 140 Å². The van der Waals surface area contributed by atoms with Crippen LogP contribution in [0.25, 0.3) is 0 Å². The highest BCUT2D eigenvalue weighted by atomic mass is 32.1. The Kier molecular flexibility index (Phi) is 4.18. The van der Waals surface area contributed by atoms with Crippen molar-refractivity contribution in [3.63, 3.8) is 0 Å². The van der Waals surface area contributed by atoms with E-state index in [0.29, 0.717) is 12.6 Å². The monoisotopic (exact) mass is 330 g/mol. The molecule has 122 valence electrons. The number of hydrogen-bond acceptors (Lipinski definition) is 4. The molecular weight excluding hydrogens is 308 g/mol. The van der Waals surface area contributed by atoms with E-state index in [2.05, 4.69) is 25.9 Å². The summed E-state index contributed by atoms with van der Waals surface area (Å²) in [6.45, 7) is 4.17. The summed E-state index contributed by atoms with van der Waals surface area (Å²) in [4.78, 5) is 22.6. The molecule has 5 nitrogen and oxygen atoms in total. The van der Waals surface area contributed by atoms with E-state index >= 15 is 0 Å². The lowest BCUT2D eigenvalue weighted by atomic mass is 10.1. The third-order valence-electron chi connectivity index (χ3n) is 4.94. The number of hydrogen-bond donors (Lipinski definition) is 0. The average Bonchev–Trinajstić information content (AvgIpc) is 3.26. The number of aromatic nitrogens is 2. The molecule has 2 aromatic heterocycles. The molecule has 2 aliphatic rings. The van der Waals surface area contributed by atoms with Crippen LogP contribution in [0.15, 0.2) is 30.2 Å². The quantitative estimate of drug-likeness (QED) is 0.866.